The van der Waals surface area contributed by atoms with Crippen molar-refractivity contribution in [1.29, 1.82) is 0 Å². The van der Waals surface area contributed by atoms with Crippen LogP contribution in [-0.4, -0.2) is 25.8 Å². The van der Waals surface area contributed by atoms with Gasteiger partial charge < -0.3 is 10.6 Å². The average molecular weight is 318 g/mol. The van der Waals surface area contributed by atoms with E-state index < -0.39 is 6.67 Å². The van der Waals surface area contributed by atoms with Gasteiger partial charge in [0.25, 0.3) is 0 Å². The van der Waals surface area contributed by atoms with Crippen LogP contribution in [0.4, 0.5) is 13.6 Å². The van der Waals surface area contributed by atoms with Crippen molar-refractivity contribution < 1.29 is 13.6 Å². The molecular formula is C18H20F2N2O. The van der Waals surface area contributed by atoms with Crippen LogP contribution in [0, 0.1) is 12.7 Å². The fourth-order valence-electron chi connectivity index (χ4n) is 2.50. The largest absolute Gasteiger partial charge is 0.338 e. The predicted octanol–water partition coefficient (Wildman–Crippen LogP) is 3.61. The van der Waals surface area contributed by atoms with E-state index in [9.17, 15) is 13.6 Å². The Morgan fingerprint density at radius 3 is 2.43 bits per heavy atom. The number of halogens is 2. The summed E-state index contributed by atoms with van der Waals surface area (Å²) in [5.41, 5.74) is 4.17. The molecule has 0 saturated heterocycles. The summed E-state index contributed by atoms with van der Waals surface area (Å²) in [4.78, 5) is 11.4. The predicted molar refractivity (Wildman–Crippen MR) is 87.7 cm³/mol. The van der Waals surface area contributed by atoms with Gasteiger partial charge in [0.05, 0.1) is 0 Å². The Balaban J connectivity index is 2.09. The number of alkyl halides is 1. The van der Waals surface area contributed by atoms with E-state index >= 15 is 0 Å². The molecule has 0 unspecified atom stereocenters. The second-order valence-electron chi connectivity index (χ2n) is 5.24. The van der Waals surface area contributed by atoms with E-state index in [2.05, 4.69) is 10.6 Å². The zero-order valence-corrected chi connectivity index (χ0v) is 13.0. The van der Waals surface area contributed by atoms with Gasteiger partial charge in [-0.1, -0.05) is 30.3 Å². The number of benzene rings is 2. The van der Waals surface area contributed by atoms with Crippen molar-refractivity contribution in [3.05, 3.63) is 59.4 Å². The van der Waals surface area contributed by atoms with Crippen molar-refractivity contribution >= 4 is 6.03 Å². The molecule has 0 fully saturated rings. The van der Waals surface area contributed by atoms with E-state index in [0.717, 1.165) is 22.3 Å². The summed E-state index contributed by atoms with van der Waals surface area (Å²) >= 11 is 0. The maximum absolute atomic E-state index is 13.1. The van der Waals surface area contributed by atoms with Crippen LogP contribution >= 0.6 is 0 Å². The quantitative estimate of drug-likeness (QED) is 0.839. The molecule has 2 amide bonds. The smallest absolute Gasteiger partial charge is 0.314 e. The normalized spacial score (nSPS) is 10.4. The van der Waals surface area contributed by atoms with Crippen LogP contribution in [0.25, 0.3) is 11.1 Å². The van der Waals surface area contributed by atoms with E-state index in [1.54, 1.807) is 12.1 Å². The van der Waals surface area contributed by atoms with Crippen LogP contribution in [0.2, 0.25) is 0 Å². The van der Waals surface area contributed by atoms with Crippen molar-refractivity contribution in [3.8, 4) is 11.1 Å². The fraction of sp³-hybridized carbons (Fsp3) is 0.278. The second kappa shape index (κ2) is 8.27. The first kappa shape index (κ1) is 16.9. The Hall–Kier alpha value is -2.43. The first-order valence-corrected chi connectivity index (χ1v) is 7.54. The molecule has 122 valence electrons. The van der Waals surface area contributed by atoms with E-state index in [-0.39, 0.29) is 18.4 Å². The lowest BCUT2D eigenvalue weighted by Gasteiger charge is -2.14. The summed E-state index contributed by atoms with van der Waals surface area (Å²) in [5.74, 6) is -0.268. The lowest BCUT2D eigenvalue weighted by molar-refractivity contribution is 0.240. The van der Waals surface area contributed by atoms with Crippen LogP contribution < -0.4 is 10.6 Å². The molecule has 0 saturated carbocycles. The van der Waals surface area contributed by atoms with Gasteiger partial charge in [0.15, 0.2) is 0 Å². The minimum atomic E-state index is -0.583. The monoisotopic (exact) mass is 318 g/mol. The number of carbonyl (C=O) groups excluding carboxylic acids is 1. The van der Waals surface area contributed by atoms with Gasteiger partial charge in [0, 0.05) is 13.1 Å². The molecule has 2 rings (SSSR count). The lowest BCUT2D eigenvalue weighted by Crippen LogP contribution is -2.37. The van der Waals surface area contributed by atoms with Crippen molar-refractivity contribution in [3.63, 3.8) is 0 Å². The molecule has 0 radical (unpaired) electrons. The molecule has 2 aromatic rings. The molecule has 5 heteroatoms. The molecule has 3 nitrogen and oxygen atoms in total. The fourth-order valence-corrected chi connectivity index (χ4v) is 2.50. The summed E-state index contributed by atoms with van der Waals surface area (Å²) in [7, 11) is 0. The molecule has 0 atom stereocenters. The zero-order valence-electron chi connectivity index (χ0n) is 13.0. The van der Waals surface area contributed by atoms with Crippen molar-refractivity contribution in [2.45, 2.75) is 13.3 Å². The first-order valence-electron chi connectivity index (χ1n) is 7.54. The van der Waals surface area contributed by atoms with Gasteiger partial charge in [-0.2, -0.15) is 0 Å². The maximum Gasteiger partial charge on any atom is 0.314 e. The maximum atomic E-state index is 13.1. The zero-order chi connectivity index (χ0) is 16.7. The van der Waals surface area contributed by atoms with Crippen molar-refractivity contribution in [2.75, 3.05) is 19.8 Å². The van der Waals surface area contributed by atoms with Gasteiger partial charge in [-0.25, -0.2) is 13.6 Å². The van der Waals surface area contributed by atoms with Gasteiger partial charge in [-0.15, -0.1) is 0 Å². The SMILES string of the molecule is Cc1cccc(CCNC(=O)NCCF)c1-c1ccc(F)cc1. The standard InChI is InChI=1S/C18H20F2N2O/c1-13-3-2-4-14(9-11-21-18(23)22-12-10-19)17(13)15-5-7-16(20)8-6-15/h2-8H,9-12H2,1H3,(H2,21,22,23). The summed E-state index contributed by atoms with van der Waals surface area (Å²) in [5, 5.41) is 5.11. The van der Waals surface area contributed by atoms with Crippen molar-refractivity contribution in [1.82, 2.24) is 10.6 Å². The second-order valence-corrected chi connectivity index (χ2v) is 5.24. The minimum absolute atomic E-state index is 0.0110. The van der Waals surface area contributed by atoms with Gasteiger partial charge in [0.1, 0.15) is 12.5 Å². The van der Waals surface area contributed by atoms with Gasteiger partial charge in [-0.3, -0.25) is 0 Å². The van der Waals surface area contributed by atoms with E-state index in [1.807, 2.05) is 25.1 Å². The van der Waals surface area contributed by atoms with E-state index in [1.165, 1.54) is 12.1 Å². The van der Waals surface area contributed by atoms with Crippen molar-refractivity contribution in [2.24, 2.45) is 0 Å². The third-order valence-electron chi connectivity index (χ3n) is 3.55. The van der Waals surface area contributed by atoms with Gasteiger partial charge >= 0.3 is 6.03 Å². The Labute approximate surface area is 134 Å². The highest BCUT2D eigenvalue weighted by atomic mass is 19.1. The highest BCUT2D eigenvalue weighted by molar-refractivity contribution is 5.74. The Bertz CT molecular complexity index is 657. The Morgan fingerprint density at radius 2 is 1.74 bits per heavy atom. The van der Waals surface area contributed by atoms with Crippen LogP contribution in [0.15, 0.2) is 42.5 Å². The minimum Gasteiger partial charge on any atom is -0.338 e. The number of urea groups is 1. The number of aryl methyl sites for hydroxylation is 1. The summed E-state index contributed by atoms with van der Waals surface area (Å²) in [6, 6.07) is 12.0. The highest BCUT2D eigenvalue weighted by Gasteiger charge is 2.09. The first-order chi connectivity index (χ1) is 11.1. The molecule has 2 aromatic carbocycles. The molecule has 0 aliphatic heterocycles. The number of hydrogen-bond donors (Lipinski definition) is 2. The number of rotatable bonds is 6. The number of nitrogens with one attached hydrogen (secondary N) is 2. The van der Waals surface area contributed by atoms with Crippen LogP contribution in [0.3, 0.4) is 0 Å². The highest BCUT2D eigenvalue weighted by Crippen LogP contribution is 2.28. The summed E-state index contributed by atoms with van der Waals surface area (Å²) in [6.07, 6.45) is 0.636. The summed E-state index contributed by atoms with van der Waals surface area (Å²) < 4.78 is 25.1. The Kier molecular flexibility index (Phi) is 6.09. The topological polar surface area (TPSA) is 41.1 Å². The molecule has 2 N–H and O–H groups in total. The average Bonchev–Trinajstić information content (AvgIpc) is 2.54. The van der Waals surface area contributed by atoms with Crippen LogP contribution in [-0.2, 0) is 6.42 Å². The number of amides is 2. The molecule has 0 heterocycles. The molecular weight excluding hydrogens is 298 g/mol. The third kappa shape index (κ3) is 4.77. The molecule has 0 bridgehead atoms. The van der Waals surface area contributed by atoms with E-state index in [0.29, 0.717) is 13.0 Å². The Morgan fingerprint density at radius 1 is 1.04 bits per heavy atom. The van der Waals surface area contributed by atoms with Crippen LogP contribution in [0.5, 0.6) is 0 Å². The third-order valence-corrected chi connectivity index (χ3v) is 3.55. The molecule has 0 aliphatic rings. The summed E-state index contributed by atoms with van der Waals surface area (Å²) in [6.45, 7) is 1.87. The van der Waals surface area contributed by atoms with E-state index in [4.69, 9.17) is 0 Å². The van der Waals surface area contributed by atoms with Crippen LogP contribution in [0.1, 0.15) is 11.1 Å². The molecule has 23 heavy (non-hydrogen) atoms. The number of hydrogen-bond acceptors (Lipinski definition) is 1. The number of carbonyl (C=O) groups is 1. The molecule has 0 aliphatic carbocycles. The molecule has 0 aromatic heterocycles. The van der Waals surface area contributed by atoms with Gasteiger partial charge in [0.2, 0.25) is 0 Å². The van der Waals surface area contributed by atoms with Gasteiger partial charge in [-0.05, 0) is 47.7 Å². The lowest BCUT2D eigenvalue weighted by atomic mass is 9.93. The molecule has 0 spiro atoms.